The summed E-state index contributed by atoms with van der Waals surface area (Å²) in [5, 5.41) is 4.39. The predicted octanol–water partition coefficient (Wildman–Crippen LogP) is 5.21. The molecule has 0 amide bonds. The average Bonchev–Trinajstić information content (AvgIpc) is 3.20. The molecule has 122 valence electrons. The molecule has 3 nitrogen and oxygen atoms in total. The maximum atomic E-state index is 12.3. The summed E-state index contributed by atoms with van der Waals surface area (Å²) < 4.78 is 2.72. The second-order valence-electron chi connectivity index (χ2n) is 5.34. The molecule has 0 aliphatic rings. The Morgan fingerprint density at radius 3 is 2.75 bits per heavy atom. The number of rotatable bonds is 6. The number of aryl methyl sites for hydroxylation is 1. The Hall–Kier alpha value is -1.98. The Balaban J connectivity index is 1.69. The highest BCUT2D eigenvalue weighted by Crippen LogP contribution is 2.22. The number of thiophene rings is 1. The van der Waals surface area contributed by atoms with Crippen molar-refractivity contribution < 1.29 is 4.79 Å². The third-order valence-electron chi connectivity index (χ3n) is 3.59. The smallest absolute Gasteiger partial charge is 0.195 e. The summed E-state index contributed by atoms with van der Waals surface area (Å²) in [6.07, 6.45) is 6.11. The van der Waals surface area contributed by atoms with Gasteiger partial charge in [-0.2, -0.15) is 5.10 Å². The van der Waals surface area contributed by atoms with Gasteiger partial charge in [-0.15, -0.1) is 11.3 Å². The largest absolute Gasteiger partial charge is 0.288 e. The second kappa shape index (κ2) is 7.73. The average molecular weight is 401 g/mol. The number of benzene rings is 1. The van der Waals surface area contributed by atoms with Gasteiger partial charge in [0, 0.05) is 24.0 Å². The molecule has 0 aliphatic heterocycles. The summed E-state index contributed by atoms with van der Waals surface area (Å²) in [4.78, 5) is 14.3. The molecule has 0 unspecified atom stereocenters. The molecule has 0 atom stereocenters. The second-order valence-corrected chi connectivity index (χ2v) is 7.37. The first-order valence-electron chi connectivity index (χ1n) is 7.73. The van der Waals surface area contributed by atoms with Crippen molar-refractivity contribution in [2.75, 3.05) is 0 Å². The molecule has 0 spiro atoms. The van der Waals surface area contributed by atoms with Crippen LogP contribution in [0.5, 0.6) is 0 Å². The van der Waals surface area contributed by atoms with E-state index in [0.717, 1.165) is 28.0 Å². The zero-order chi connectivity index (χ0) is 16.9. The van der Waals surface area contributed by atoms with Gasteiger partial charge in [0.15, 0.2) is 5.78 Å². The zero-order valence-corrected chi connectivity index (χ0v) is 15.7. The fraction of sp³-hybridized carbons (Fsp3) is 0.158. The number of carbonyl (C=O) groups excluding carboxylic acids is 1. The minimum Gasteiger partial charge on any atom is -0.288 e. The van der Waals surface area contributed by atoms with Gasteiger partial charge < -0.3 is 0 Å². The number of hydrogen-bond donors (Lipinski definition) is 0. The van der Waals surface area contributed by atoms with Crippen LogP contribution in [0.15, 0.2) is 59.2 Å². The van der Waals surface area contributed by atoms with Gasteiger partial charge in [0.2, 0.25) is 0 Å². The SMILES string of the molecule is CCn1cc(Br)c(/C=C/C(=O)c2ccc(Cc3ccccc3)s2)n1. The first kappa shape index (κ1) is 16.9. The van der Waals surface area contributed by atoms with Gasteiger partial charge in [-0.05, 0) is 52.7 Å². The van der Waals surface area contributed by atoms with Crippen LogP contribution in [0.2, 0.25) is 0 Å². The monoisotopic (exact) mass is 400 g/mol. The van der Waals surface area contributed by atoms with Gasteiger partial charge >= 0.3 is 0 Å². The van der Waals surface area contributed by atoms with Gasteiger partial charge in [0.05, 0.1) is 15.0 Å². The lowest BCUT2D eigenvalue weighted by atomic mass is 10.1. The van der Waals surface area contributed by atoms with E-state index in [1.165, 1.54) is 10.4 Å². The number of hydrogen-bond acceptors (Lipinski definition) is 3. The van der Waals surface area contributed by atoms with Crippen molar-refractivity contribution in [3.63, 3.8) is 0 Å². The van der Waals surface area contributed by atoms with E-state index in [1.54, 1.807) is 23.5 Å². The normalized spacial score (nSPS) is 11.2. The zero-order valence-electron chi connectivity index (χ0n) is 13.3. The van der Waals surface area contributed by atoms with E-state index >= 15 is 0 Å². The quantitative estimate of drug-likeness (QED) is 0.420. The first-order chi connectivity index (χ1) is 11.7. The van der Waals surface area contributed by atoms with Crippen molar-refractivity contribution in [1.82, 2.24) is 9.78 Å². The minimum atomic E-state index is 0.0114. The molecule has 0 saturated carbocycles. The maximum Gasteiger partial charge on any atom is 0.195 e. The highest BCUT2D eigenvalue weighted by molar-refractivity contribution is 9.10. The number of halogens is 1. The van der Waals surface area contributed by atoms with E-state index in [1.807, 2.05) is 48.1 Å². The fourth-order valence-corrected chi connectivity index (χ4v) is 3.74. The Kier molecular flexibility index (Phi) is 5.43. The van der Waals surface area contributed by atoms with E-state index < -0.39 is 0 Å². The molecular formula is C19H17BrN2OS. The van der Waals surface area contributed by atoms with Crippen LogP contribution in [0.1, 0.15) is 32.7 Å². The molecule has 0 N–H and O–H groups in total. The predicted molar refractivity (Wildman–Crippen MR) is 103 cm³/mol. The number of allylic oxidation sites excluding steroid dienone is 1. The lowest BCUT2D eigenvalue weighted by Crippen LogP contribution is -1.94. The number of ketones is 1. The van der Waals surface area contributed by atoms with Crippen molar-refractivity contribution in [3.8, 4) is 0 Å². The number of aromatic nitrogens is 2. The minimum absolute atomic E-state index is 0.0114. The molecule has 24 heavy (non-hydrogen) atoms. The Morgan fingerprint density at radius 1 is 1.25 bits per heavy atom. The topological polar surface area (TPSA) is 34.9 Å². The molecule has 0 fully saturated rings. The third-order valence-corrected chi connectivity index (χ3v) is 5.30. The molecule has 0 saturated heterocycles. The lowest BCUT2D eigenvalue weighted by Gasteiger charge is -1.96. The molecule has 0 radical (unpaired) electrons. The summed E-state index contributed by atoms with van der Waals surface area (Å²) in [7, 11) is 0. The van der Waals surface area contributed by atoms with E-state index in [-0.39, 0.29) is 5.78 Å². The Bertz CT molecular complexity index is 865. The molecule has 5 heteroatoms. The van der Waals surface area contributed by atoms with Gasteiger partial charge in [0.1, 0.15) is 0 Å². The van der Waals surface area contributed by atoms with Gasteiger partial charge in [-0.3, -0.25) is 9.48 Å². The molecule has 1 aromatic carbocycles. The van der Waals surface area contributed by atoms with Crippen molar-refractivity contribution in [3.05, 3.63) is 80.2 Å². The molecule has 0 aliphatic carbocycles. The first-order valence-corrected chi connectivity index (χ1v) is 9.34. The number of nitrogens with zero attached hydrogens (tertiary/aromatic N) is 2. The highest BCUT2D eigenvalue weighted by atomic mass is 79.9. The van der Waals surface area contributed by atoms with Crippen LogP contribution in [-0.2, 0) is 13.0 Å². The van der Waals surface area contributed by atoms with Crippen LogP contribution in [0.4, 0.5) is 0 Å². The maximum absolute atomic E-state index is 12.3. The molecule has 3 rings (SSSR count). The molecule has 2 aromatic heterocycles. The Morgan fingerprint density at radius 2 is 2.04 bits per heavy atom. The molecule has 3 aromatic rings. The third kappa shape index (κ3) is 4.10. The van der Waals surface area contributed by atoms with Crippen LogP contribution < -0.4 is 0 Å². The van der Waals surface area contributed by atoms with Crippen LogP contribution in [0.3, 0.4) is 0 Å². The highest BCUT2D eigenvalue weighted by Gasteiger charge is 2.08. The van der Waals surface area contributed by atoms with Crippen LogP contribution in [-0.4, -0.2) is 15.6 Å². The van der Waals surface area contributed by atoms with E-state index in [4.69, 9.17) is 0 Å². The summed E-state index contributed by atoms with van der Waals surface area (Å²) in [5.74, 6) is 0.0114. The van der Waals surface area contributed by atoms with Crippen LogP contribution in [0.25, 0.3) is 6.08 Å². The van der Waals surface area contributed by atoms with Crippen molar-refractivity contribution in [1.29, 1.82) is 0 Å². The summed E-state index contributed by atoms with van der Waals surface area (Å²) in [5.41, 5.74) is 2.02. The van der Waals surface area contributed by atoms with E-state index in [2.05, 4.69) is 33.2 Å². The molecule has 2 heterocycles. The van der Waals surface area contributed by atoms with Gasteiger partial charge in [0.25, 0.3) is 0 Å². The summed E-state index contributed by atoms with van der Waals surface area (Å²) in [6.45, 7) is 2.83. The van der Waals surface area contributed by atoms with Crippen LogP contribution in [0, 0.1) is 0 Å². The molecule has 0 bridgehead atoms. The lowest BCUT2D eigenvalue weighted by molar-refractivity contribution is 0.105. The summed E-state index contributed by atoms with van der Waals surface area (Å²) in [6, 6.07) is 14.2. The fourth-order valence-electron chi connectivity index (χ4n) is 2.33. The van der Waals surface area contributed by atoms with E-state index in [9.17, 15) is 4.79 Å². The van der Waals surface area contributed by atoms with Crippen LogP contribution >= 0.6 is 27.3 Å². The van der Waals surface area contributed by atoms with Gasteiger partial charge in [-0.1, -0.05) is 30.3 Å². The van der Waals surface area contributed by atoms with E-state index in [0.29, 0.717) is 0 Å². The number of carbonyl (C=O) groups is 1. The standard InChI is InChI=1S/C19H17BrN2OS/c1-2-22-13-16(20)17(21-22)9-10-18(23)19-11-8-15(24-19)12-14-6-4-3-5-7-14/h3-11,13H,2,12H2,1H3/b10-9+. The van der Waals surface area contributed by atoms with Gasteiger partial charge in [-0.25, -0.2) is 0 Å². The molecular weight excluding hydrogens is 384 g/mol. The van der Waals surface area contributed by atoms with Crippen molar-refractivity contribution in [2.24, 2.45) is 0 Å². The Labute approximate surface area is 153 Å². The van der Waals surface area contributed by atoms with Crippen molar-refractivity contribution in [2.45, 2.75) is 19.9 Å². The summed E-state index contributed by atoms with van der Waals surface area (Å²) >= 11 is 5.01. The van der Waals surface area contributed by atoms with Crippen molar-refractivity contribution >= 4 is 39.1 Å².